The molecule has 0 radical (unpaired) electrons. The zero-order chi connectivity index (χ0) is 22.6. The number of nitrogens with one attached hydrogen (secondary N) is 1. The fourth-order valence-electron chi connectivity index (χ4n) is 4.19. The Balaban J connectivity index is 1.70. The van der Waals surface area contributed by atoms with Crippen molar-refractivity contribution in [3.63, 3.8) is 0 Å². The summed E-state index contributed by atoms with van der Waals surface area (Å²) in [5.41, 5.74) is 1.78. The molecule has 2 aromatic carbocycles. The minimum Gasteiger partial charge on any atom is -0.356 e. The van der Waals surface area contributed by atoms with Crippen molar-refractivity contribution in [3.05, 3.63) is 87.0 Å². The molecule has 3 heterocycles. The minimum atomic E-state index is -4.45. The number of rotatable bonds is 2. The van der Waals surface area contributed by atoms with Gasteiger partial charge in [0.2, 0.25) is 5.95 Å². The lowest BCUT2D eigenvalue weighted by Crippen LogP contribution is -2.37. The van der Waals surface area contributed by atoms with Crippen molar-refractivity contribution in [1.82, 2.24) is 15.0 Å². The highest BCUT2D eigenvalue weighted by Gasteiger charge is 2.35. The molecule has 0 spiro atoms. The summed E-state index contributed by atoms with van der Waals surface area (Å²) in [4.78, 5) is 13.7. The molecule has 0 saturated heterocycles. The van der Waals surface area contributed by atoms with E-state index in [1.807, 2.05) is 4.90 Å². The van der Waals surface area contributed by atoms with Crippen molar-refractivity contribution in [2.24, 2.45) is 0 Å². The van der Waals surface area contributed by atoms with Gasteiger partial charge in [-0.15, -0.1) is 0 Å². The fraction of sp³-hybridized carbons (Fsp3) is 0.182. The number of benzene rings is 2. The predicted octanol–water partition coefficient (Wildman–Crippen LogP) is 6.57. The number of halogens is 6. The topological polar surface area (TPSA) is 44.8 Å². The monoisotopic (exact) mass is 480 g/mol. The van der Waals surface area contributed by atoms with E-state index in [0.717, 1.165) is 17.7 Å². The maximum Gasteiger partial charge on any atom is 0.416 e. The Labute approximate surface area is 189 Å². The molecular formula is C22H14Cl2F4N4. The van der Waals surface area contributed by atoms with Crippen molar-refractivity contribution >= 4 is 40.1 Å². The van der Waals surface area contributed by atoms with Crippen LogP contribution >= 0.6 is 23.2 Å². The third-order valence-corrected chi connectivity index (χ3v) is 6.08. The van der Waals surface area contributed by atoms with Gasteiger partial charge < -0.3 is 9.88 Å². The van der Waals surface area contributed by atoms with Gasteiger partial charge in [-0.05, 0) is 41.8 Å². The normalized spacial score (nSPS) is 16.4. The number of fused-ring (bicyclic) bond motifs is 3. The Morgan fingerprint density at radius 1 is 1.00 bits per heavy atom. The van der Waals surface area contributed by atoms with Crippen molar-refractivity contribution in [2.45, 2.75) is 18.6 Å². The van der Waals surface area contributed by atoms with Gasteiger partial charge in [0, 0.05) is 23.1 Å². The van der Waals surface area contributed by atoms with Gasteiger partial charge in [0.05, 0.1) is 34.0 Å². The average Bonchev–Trinajstić information content (AvgIpc) is 3.15. The molecular weight excluding hydrogens is 467 g/mol. The van der Waals surface area contributed by atoms with E-state index in [1.165, 1.54) is 30.6 Å². The van der Waals surface area contributed by atoms with Gasteiger partial charge in [0.15, 0.2) is 5.82 Å². The first-order chi connectivity index (χ1) is 15.2. The Morgan fingerprint density at radius 3 is 2.34 bits per heavy atom. The SMILES string of the molecule is Fc1c(Cl)ccc2[nH]c3c(c12)CCN(c1ncc(Cl)cn1)C3c1ccc(C(F)(F)F)cc1. The van der Waals surface area contributed by atoms with E-state index in [2.05, 4.69) is 15.0 Å². The largest absolute Gasteiger partial charge is 0.416 e. The summed E-state index contributed by atoms with van der Waals surface area (Å²) in [5.74, 6) is -0.161. The van der Waals surface area contributed by atoms with Gasteiger partial charge in [-0.2, -0.15) is 13.2 Å². The summed E-state index contributed by atoms with van der Waals surface area (Å²) in [6.07, 6.45) is -1.08. The first-order valence-electron chi connectivity index (χ1n) is 9.64. The third kappa shape index (κ3) is 3.47. The number of aromatic nitrogens is 3. The Hall–Kier alpha value is -2.84. The number of hydrogen-bond acceptors (Lipinski definition) is 3. The molecule has 0 amide bonds. The van der Waals surface area contributed by atoms with Crippen LogP contribution in [0.2, 0.25) is 10.0 Å². The van der Waals surface area contributed by atoms with E-state index >= 15 is 0 Å². The van der Waals surface area contributed by atoms with Crippen molar-refractivity contribution in [1.29, 1.82) is 0 Å². The van der Waals surface area contributed by atoms with E-state index in [-0.39, 0.29) is 5.02 Å². The molecule has 0 bridgehead atoms. The fourth-order valence-corrected chi connectivity index (χ4v) is 4.44. The van der Waals surface area contributed by atoms with E-state index in [1.54, 1.807) is 6.07 Å². The lowest BCUT2D eigenvalue weighted by molar-refractivity contribution is -0.137. The van der Waals surface area contributed by atoms with Gasteiger partial charge >= 0.3 is 6.18 Å². The van der Waals surface area contributed by atoms with Gasteiger partial charge in [-0.25, -0.2) is 14.4 Å². The summed E-state index contributed by atoms with van der Waals surface area (Å²) >= 11 is 11.9. The second-order valence-corrected chi connectivity index (χ2v) is 8.31. The molecule has 1 aliphatic rings. The van der Waals surface area contributed by atoms with Gasteiger partial charge in [-0.1, -0.05) is 35.3 Å². The molecule has 1 aliphatic heterocycles. The van der Waals surface area contributed by atoms with Crippen LogP contribution in [0, 0.1) is 5.82 Å². The first-order valence-corrected chi connectivity index (χ1v) is 10.4. The highest BCUT2D eigenvalue weighted by molar-refractivity contribution is 6.31. The predicted molar refractivity (Wildman–Crippen MR) is 115 cm³/mol. The van der Waals surface area contributed by atoms with E-state index in [4.69, 9.17) is 23.2 Å². The molecule has 164 valence electrons. The van der Waals surface area contributed by atoms with E-state index in [9.17, 15) is 17.6 Å². The molecule has 2 aromatic heterocycles. The van der Waals surface area contributed by atoms with E-state index < -0.39 is 23.6 Å². The summed E-state index contributed by atoms with van der Waals surface area (Å²) in [6.45, 7) is 0.416. The number of anilines is 1. The maximum absolute atomic E-state index is 14.9. The number of hydrogen-bond donors (Lipinski definition) is 1. The zero-order valence-corrected chi connectivity index (χ0v) is 17.7. The molecule has 1 unspecified atom stereocenters. The highest BCUT2D eigenvalue weighted by Crippen LogP contribution is 2.42. The van der Waals surface area contributed by atoms with Crippen LogP contribution in [-0.4, -0.2) is 21.5 Å². The average molecular weight is 481 g/mol. The van der Waals surface area contributed by atoms with Crippen LogP contribution in [0.4, 0.5) is 23.5 Å². The summed E-state index contributed by atoms with van der Waals surface area (Å²) in [6, 6.07) is 7.49. The molecule has 4 nitrogen and oxygen atoms in total. The molecule has 10 heteroatoms. The quantitative estimate of drug-likeness (QED) is 0.329. The smallest absolute Gasteiger partial charge is 0.356 e. The van der Waals surface area contributed by atoms with Gasteiger partial charge in [0.1, 0.15) is 0 Å². The van der Waals surface area contributed by atoms with Crippen LogP contribution in [0.3, 0.4) is 0 Å². The Kier molecular flexibility index (Phi) is 5.02. The Bertz CT molecular complexity index is 1300. The number of nitrogens with zero attached hydrogens (tertiary/aromatic N) is 3. The van der Waals surface area contributed by atoms with Crippen LogP contribution in [-0.2, 0) is 12.6 Å². The molecule has 4 aromatic rings. The molecule has 1 N–H and O–H groups in total. The zero-order valence-electron chi connectivity index (χ0n) is 16.2. The Morgan fingerprint density at radius 2 is 1.69 bits per heavy atom. The van der Waals surface area contributed by atoms with Crippen LogP contribution < -0.4 is 4.90 Å². The van der Waals surface area contributed by atoms with Crippen molar-refractivity contribution in [2.75, 3.05) is 11.4 Å². The maximum atomic E-state index is 14.9. The molecule has 0 aliphatic carbocycles. The molecule has 32 heavy (non-hydrogen) atoms. The second-order valence-electron chi connectivity index (χ2n) is 7.47. The first kappa shape index (κ1) is 21.0. The van der Waals surface area contributed by atoms with Crippen LogP contribution in [0.25, 0.3) is 10.9 Å². The molecule has 0 saturated carbocycles. The van der Waals surface area contributed by atoms with Gasteiger partial charge in [0.25, 0.3) is 0 Å². The lowest BCUT2D eigenvalue weighted by Gasteiger charge is -2.36. The summed E-state index contributed by atoms with van der Waals surface area (Å²) in [7, 11) is 0. The second kappa shape index (κ2) is 7.64. The minimum absolute atomic E-state index is 0.00819. The van der Waals surface area contributed by atoms with E-state index in [0.29, 0.717) is 46.1 Å². The lowest BCUT2D eigenvalue weighted by atomic mass is 9.92. The van der Waals surface area contributed by atoms with Crippen molar-refractivity contribution < 1.29 is 17.6 Å². The van der Waals surface area contributed by atoms with Crippen LogP contribution in [0.15, 0.2) is 48.8 Å². The molecule has 0 fully saturated rings. The third-order valence-electron chi connectivity index (χ3n) is 5.60. The van der Waals surface area contributed by atoms with Crippen LogP contribution in [0.1, 0.15) is 28.4 Å². The standard InChI is InChI=1S/C22H14Cl2F4N4/c23-13-9-29-21(30-10-13)32-8-7-14-17-16(6-5-15(24)18(17)25)31-19(14)20(32)11-1-3-12(4-2-11)22(26,27)28/h1-6,9-10,20,31H,7-8H2. The number of aromatic amines is 1. The van der Waals surface area contributed by atoms with Gasteiger partial charge in [-0.3, -0.25) is 0 Å². The highest BCUT2D eigenvalue weighted by atomic mass is 35.5. The number of alkyl halides is 3. The van der Waals surface area contributed by atoms with Crippen molar-refractivity contribution in [3.8, 4) is 0 Å². The molecule has 1 atom stereocenters. The summed E-state index contributed by atoms with van der Waals surface area (Å²) in [5, 5.41) is 0.759. The molecule has 5 rings (SSSR count). The summed E-state index contributed by atoms with van der Waals surface area (Å²) < 4.78 is 54.2. The van der Waals surface area contributed by atoms with Crippen LogP contribution in [0.5, 0.6) is 0 Å². The number of H-pyrrole nitrogens is 1.